The lowest BCUT2D eigenvalue weighted by Gasteiger charge is -2.26. The second-order valence-electron chi connectivity index (χ2n) is 5.94. The quantitative estimate of drug-likeness (QED) is 0.684. The Morgan fingerprint density at radius 1 is 1.28 bits per heavy atom. The van der Waals surface area contributed by atoms with Gasteiger partial charge in [-0.1, -0.05) is 6.92 Å². The average Bonchev–Trinajstić information content (AvgIpc) is 2.66. The third kappa shape index (κ3) is 6.75. The molecule has 0 bridgehead atoms. The smallest absolute Gasteiger partial charge is 0.274 e. The van der Waals surface area contributed by atoms with Gasteiger partial charge in [0.1, 0.15) is 5.69 Å². The molecule has 1 aliphatic heterocycles. The number of amides is 2. The number of nitrogens with one attached hydrogen (secondary N) is 1. The molecule has 0 saturated carbocycles. The van der Waals surface area contributed by atoms with E-state index in [-0.39, 0.29) is 18.2 Å². The van der Waals surface area contributed by atoms with E-state index in [1.165, 1.54) is 18.6 Å². The maximum Gasteiger partial charge on any atom is 0.274 e. The summed E-state index contributed by atoms with van der Waals surface area (Å²) in [5, 5.41) is 2.92. The Hall–Kier alpha value is -2.06. The summed E-state index contributed by atoms with van der Waals surface area (Å²) >= 11 is 0. The highest BCUT2D eigenvalue weighted by Crippen LogP contribution is 2.03. The average molecular weight is 349 g/mol. The first-order valence-corrected chi connectivity index (χ1v) is 8.82. The van der Waals surface area contributed by atoms with E-state index < -0.39 is 0 Å². The molecule has 0 atom stereocenters. The Balaban J connectivity index is 1.72. The maximum atomic E-state index is 12.4. The largest absolute Gasteiger partial charge is 0.379 e. The van der Waals surface area contributed by atoms with Crippen molar-refractivity contribution in [2.45, 2.75) is 19.8 Å². The summed E-state index contributed by atoms with van der Waals surface area (Å²) in [7, 11) is 0. The van der Waals surface area contributed by atoms with Crippen molar-refractivity contribution in [2.24, 2.45) is 0 Å². The van der Waals surface area contributed by atoms with Crippen molar-refractivity contribution in [3.8, 4) is 0 Å². The van der Waals surface area contributed by atoms with Crippen molar-refractivity contribution in [3.63, 3.8) is 0 Å². The number of morpholine rings is 1. The summed E-state index contributed by atoms with van der Waals surface area (Å²) in [6, 6.07) is 0. The fourth-order valence-electron chi connectivity index (χ4n) is 2.66. The van der Waals surface area contributed by atoms with Crippen LogP contribution in [0, 0.1) is 0 Å². The maximum absolute atomic E-state index is 12.4. The second-order valence-corrected chi connectivity index (χ2v) is 5.94. The fourth-order valence-corrected chi connectivity index (χ4v) is 2.66. The summed E-state index contributed by atoms with van der Waals surface area (Å²) in [6.07, 6.45) is 5.59. The molecule has 1 aromatic heterocycles. The Kier molecular flexibility index (Phi) is 8.27. The molecule has 1 saturated heterocycles. The van der Waals surface area contributed by atoms with Crippen LogP contribution >= 0.6 is 0 Å². The molecule has 0 aliphatic carbocycles. The topological polar surface area (TPSA) is 87.7 Å². The summed E-state index contributed by atoms with van der Waals surface area (Å²) in [5.41, 5.74) is 0.309. The molecule has 8 heteroatoms. The normalized spacial score (nSPS) is 14.9. The molecular weight excluding hydrogens is 322 g/mol. The zero-order chi connectivity index (χ0) is 17.9. The molecule has 2 amide bonds. The predicted molar refractivity (Wildman–Crippen MR) is 93.1 cm³/mol. The monoisotopic (exact) mass is 349 g/mol. The lowest BCUT2D eigenvalue weighted by atomic mass is 10.3. The van der Waals surface area contributed by atoms with Crippen molar-refractivity contribution >= 4 is 11.8 Å². The Morgan fingerprint density at radius 2 is 2.08 bits per heavy atom. The van der Waals surface area contributed by atoms with E-state index in [1.807, 2.05) is 6.92 Å². The second kappa shape index (κ2) is 10.7. The van der Waals surface area contributed by atoms with Crippen LogP contribution in [0.4, 0.5) is 0 Å². The number of nitrogens with zero attached hydrogens (tertiary/aromatic N) is 4. The third-order valence-electron chi connectivity index (χ3n) is 4.03. The van der Waals surface area contributed by atoms with Gasteiger partial charge in [0.25, 0.3) is 5.91 Å². The minimum atomic E-state index is -0.184. The predicted octanol–water partition coefficient (Wildman–Crippen LogP) is 0.167. The van der Waals surface area contributed by atoms with Crippen LogP contribution in [0.5, 0.6) is 0 Å². The molecule has 1 aromatic rings. The first kappa shape index (κ1) is 19.3. The molecule has 138 valence electrons. The summed E-state index contributed by atoms with van der Waals surface area (Å²) in [5.74, 6) is -0.225. The number of carbonyl (C=O) groups is 2. The van der Waals surface area contributed by atoms with Crippen molar-refractivity contribution in [1.82, 2.24) is 25.1 Å². The molecule has 2 heterocycles. The van der Waals surface area contributed by atoms with E-state index in [0.29, 0.717) is 25.3 Å². The Morgan fingerprint density at radius 3 is 2.76 bits per heavy atom. The lowest BCUT2D eigenvalue weighted by Crippen LogP contribution is -2.42. The number of hydrogen-bond acceptors (Lipinski definition) is 6. The Labute approximate surface area is 148 Å². The first-order chi connectivity index (χ1) is 12.2. The summed E-state index contributed by atoms with van der Waals surface area (Å²) in [6.45, 7) is 7.74. The van der Waals surface area contributed by atoms with Crippen LogP contribution in [0.2, 0.25) is 0 Å². The number of rotatable bonds is 9. The van der Waals surface area contributed by atoms with Gasteiger partial charge in [0, 0.05) is 58.1 Å². The van der Waals surface area contributed by atoms with E-state index in [4.69, 9.17) is 4.74 Å². The molecular formula is C17H27N5O3. The van der Waals surface area contributed by atoms with Gasteiger partial charge in [-0.05, 0) is 6.42 Å². The van der Waals surface area contributed by atoms with Crippen LogP contribution in [0.3, 0.4) is 0 Å². The Bertz CT molecular complexity index is 534. The lowest BCUT2D eigenvalue weighted by molar-refractivity contribution is -0.121. The third-order valence-corrected chi connectivity index (χ3v) is 4.03. The number of aromatic nitrogens is 2. The van der Waals surface area contributed by atoms with E-state index in [1.54, 1.807) is 4.90 Å². The van der Waals surface area contributed by atoms with Crippen LogP contribution in [0.1, 0.15) is 30.3 Å². The van der Waals surface area contributed by atoms with Crippen molar-refractivity contribution in [2.75, 3.05) is 52.5 Å². The van der Waals surface area contributed by atoms with Crippen LogP contribution < -0.4 is 5.32 Å². The fraction of sp³-hybridized carbons (Fsp3) is 0.647. The number of carbonyl (C=O) groups excluding carboxylic acids is 2. The molecule has 8 nitrogen and oxygen atoms in total. The molecule has 0 radical (unpaired) electrons. The first-order valence-electron chi connectivity index (χ1n) is 8.82. The SMILES string of the molecule is CCCN(CCC(=O)NCCN1CCOCC1)C(=O)c1cnccn1. The van der Waals surface area contributed by atoms with Crippen LogP contribution in [-0.4, -0.2) is 84.1 Å². The van der Waals surface area contributed by atoms with Gasteiger partial charge in [-0.3, -0.25) is 19.5 Å². The van der Waals surface area contributed by atoms with E-state index in [9.17, 15) is 9.59 Å². The van der Waals surface area contributed by atoms with Gasteiger partial charge in [-0.2, -0.15) is 0 Å². The van der Waals surface area contributed by atoms with Gasteiger partial charge in [0.05, 0.1) is 19.4 Å². The van der Waals surface area contributed by atoms with Gasteiger partial charge in [0.15, 0.2) is 0 Å². The van der Waals surface area contributed by atoms with Gasteiger partial charge in [-0.25, -0.2) is 4.98 Å². The molecule has 1 aliphatic rings. The van der Waals surface area contributed by atoms with Crippen LogP contribution in [0.25, 0.3) is 0 Å². The minimum absolute atomic E-state index is 0.0405. The van der Waals surface area contributed by atoms with E-state index >= 15 is 0 Å². The summed E-state index contributed by atoms with van der Waals surface area (Å²) in [4.78, 5) is 36.4. The molecule has 2 rings (SSSR count). The van der Waals surface area contributed by atoms with Gasteiger partial charge in [-0.15, -0.1) is 0 Å². The molecule has 0 spiro atoms. The standard InChI is InChI=1S/C17H27N5O3/c1-2-7-22(17(24)15-14-18-4-5-19-15)8-3-16(23)20-6-9-21-10-12-25-13-11-21/h4-5,14H,2-3,6-13H2,1H3,(H,20,23). The van der Waals surface area contributed by atoms with Gasteiger partial charge >= 0.3 is 0 Å². The van der Waals surface area contributed by atoms with E-state index in [2.05, 4.69) is 20.2 Å². The van der Waals surface area contributed by atoms with Crippen molar-refractivity contribution < 1.29 is 14.3 Å². The minimum Gasteiger partial charge on any atom is -0.379 e. The van der Waals surface area contributed by atoms with Crippen LogP contribution in [0.15, 0.2) is 18.6 Å². The molecule has 1 N–H and O–H groups in total. The number of hydrogen-bond donors (Lipinski definition) is 1. The highest BCUT2D eigenvalue weighted by molar-refractivity contribution is 5.92. The van der Waals surface area contributed by atoms with Gasteiger partial charge in [0.2, 0.25) is 5.91 Å². The molecule has 25 heavy (non-hydrogen) atoms. The van der Waals surface area contributed by atoms with Crippen molar-refractivity contribution in [1.29, 1.82) is 0 Å². The van der Waals surface area contributed by atoms with Crippen molar-refractivity contribution in [3.05, 3.63) is 24.3 Å². The van der Waals surface area contributed by atoms with E-state index in [0.717, 1.165) is 39.3 Å². The molecule has 1 fully saturated rings. The summed E-state index contributed by atoms with van der Waals surface area (Å²) < 4.78 is 5.30. The number of ether oxygens (including phenoxy) is 1. The van der Waals surface area contributed by atoms with Gasteiger partial charge < -0.3 is 15.0 Å². The highest BCUT2D eigenvalue weighted by atomic mass is 16.5. The molecule has 0 aromatic carbocycles. The van der Waals surface area contributed by atoms with Crippen LogP contribution in [-0.2, 0) is 9.53 Å². The zero-order valence-corrected chi connectivity index (χ0v) is 14.8. The highest BCUT2D eigenvalue weighted by Gasteiger charge is 2.17. The molecule has 0 unspecified atom stereocenters. The zero-order valence-electron chi connectivity index (χ0n) is 14.8.